The summed E-state index contributed by atoms with van der Waals surface area (Å²) in [4.78, 5) is 0. The Balaban J connectivity index is 2.15. The average Bonchev–Trinajstić information content (AvgIpc) is 2.65. The number of aromatic nitrogens is 3. The van der Waals surface area contributed by atoms with Gasteiger partial charge in [0.2, 0.25) is 6.33 Å². The number of pyridine rings is 1. The van der Waals surface area contributed by atoms with Crippen molar-refractivity contribution in [2.24, 2.45) is 7.05 Å². The molecule has 0 atom stereocenters. The zero-order valence-electron chi connectivity index (χ0n) is 8.54. The van der Waals surface area contributed by atoms with E-state index < -0.39 is 0 Å². The smallest absolute Gasteiger partial charge is 0.239 e. The highest BCUT2D eigenvalue weighted by Crippen LogP contribution is 1.91. The Morgan fingerprint density at radius 1 is 1.33 bits per heavy atom. The summed E-state index contributed by atoms with van der Waals surface area (Å²) in [6, 6.07) is 5.72. The van der Waals surface area contributed by atoms with Crippen molar-refractivity contribution in [2.75, 3.05) is 0 Å². The highest BCUT2D eigenvalue weighted by molar-refractivity contribution is 5.23. The molecule has 4 nitrogen and oxygen atoms in total. The van der Waals surface area contributed by atoms with Crippen molar-refractivity contribution < 1.29 is 9.13 Å². The molecular weight excluding hydrogens is 188 g/mol. The second-order valence-corrected chi connectivity index (χ2v) is 3.45. The molecule has 0 aromatic carbocycles. The van der Waals surface area contributed by atoms with Crippen molar-refractivity contribution in [1.29, 1.82) is 5.26 Å². The molecule has 0 aliphatic heterocycles. The van der Waals surface area contributed by atoms with Crippen LogP contribution in [0.3, 0.4) is 0 Å². The van der Waals surface area contributed by atoms with Gasteiger partial charge in [0.25, 0.3) is 6.67 Å². The van der Waals surface area contributed by atoms with Crippen molar-refractivity contribution in [3.05, 3.63) is 48.8 Å². The third-order valence-corrected chi connectivity index (χ3v) is 2.17. The van der Waals surface area contributed by atoms with Gasteiger partial charge in [-0.2, -0.15) is 14.4 Å². The first kappa shape index (κ1) is 9.41. The zero-order valence-corrected chi connectivity index (χ0v) is 8.54. The lowest BCUT2D eigenvalue weighted by molar-refractivity contribution is -0.707. The fourth-order valence-electron chi connectivity index (χ4n) is 1.40. The number of nitriles is 1. The Labute approximate surface area is 88.3 Å². The second kappa shape index (κ2) is 3.93. The van der Waals surface area contributed by atoms with E-state index in [2.05, 4.69) is 10.6 Å². The van der Waals surface area contributed by atoms with Crippen LogP contribution in [0.2, 0.25) is 0 Å². The molecule has 2 rings (SSSR count). The Bertz CT molecular complexity index is 490. The molecule has 0 spiro atoms. The minimum Gasteiger partial charge on any atom is -0.239 e. The van der Waals surface area contributed by atoms with E-state index in [0.29, 0.717) is 5.56 Å². The summed E-state index contributed by atoms with van der Waals surface area (Å²) in [5.41, 5.74) is 0.685. The lowest BCUT2D eigenvalue weighted by Crippen LogP contribution is -2.37. The van der Waals surface area contributed by atoms with Gasteiger partial charge >= 0.3 is 0 Å². The number of imidazole rings is 1. The summed E-state index contributed by atoms with van der Waals surface area (Å²) in [6.07, 6.45) is 9.80. The van der Waals surface area contributed by atoms with Crippen LogP contribution in [0.4, 0.5) is 0 Å². The maximum atomic E-state index is 8.65. The van der Waals surface area contributed by atoms with E-state index in [-0.39, 0.29) is 0 Å². The molecule has 0 N–H and O–H groups in total. The standard InChI is InChI=1S/C11H12N4/c1-13-6-7-15(9-13)10-14-4-2-11(8-12)3-5-14/h2-7,9H,10H2,1H3/q+2. The molecule has 0 aliphatic rings. The minimum absolute atomic E-state index is 0.685. The van der Waals surface area contributed by atoms with Crippen LogP contribution in [0.5, 0.6) is 0 Å². The van der Waals surface area contributed by atoms with Crippen LogP contribution in [0, 0.1) is 11.3 Å². The maximum absolute atomic E-state index is 8.65. The molecule has 2 aromatic heterocycles. The predicted molar refractivity (Wildman–Crippen MR) is 52.4 cm³/mol. The minimum atomic E-state index is 0.685. The SMILES string of the molecule is C[n+]1ccn(C[n+]2ccc(C#N)cc2)c1. The molecule has 2 heterocycles. The van der Waals surface area contributed by atoms with Crippen molar-refractivity contribution in [2.45, 2.75) is 6.67 Å². The molecule has 0 aliphatic carbocycles. The molecule has 0 saturated carbocycles. The van der Waals surface area contributed by atoms with Gasteiger partial charge in [-0.1, -0.05) is 0 Å². The quantitative estimate of drug-likeness (QED) is 0.627. The van der Waals surface area contributed by atoms with Gasteiger partial charge in [0.15, 0.2) is 12.4 Å². The van der Waals surface area contributed by atoms with Gasteiger partial charge in [-0.25, -0.2) is 4.57 Å². The average molecular weight is 200 g/mol. The van der Waals surface area contributed by atoms with Gasteiger partial charge in [0.05, 0.1) is 18.7 Å². The first-order valence-electron chi connectivity index (χ1n) is 4.68. The number of aryl methyl sites for hydroxylation is 1. The fraction of sp³-hybridized carbons (Fsp3) is 0.182. The monoisotopic (exact) mass is 200 g/mol. The van der Waals surface area contributed by atoms with Gasteiger partial charge < -0.3 is 0 Å². The molecule has 15 heavy (non-hydrogen) atoms. The summed E-state index contributed by atoms with van der Waals surface area (Å²) in [7, 11) is 1.99. The third-order valence-electron chi connectivity index (χ3n) is 2.17. The van der Waals surface area contributed by atoms with Crippen LogP contribution in [0.1, 0.15) is 5.56 Å². The summed E-state index contributed by atoms with van der Waals surface area (Å²) >= 11 is 0. The van der Waals surface area contributed by atoms with Crippen LogP contribution in [0.15, 0.2) is 43.2 Å². The van der Waals surface area contributed by atoms with Gasteiger partial charge in [-0.3, -0.25) is 0 Å². The number of rotatable bonds is 2. The van der Waals surface area contributed by atoms with Crippen LogP contribution in [-0.2, 0) is 13.7 Å². The Hall–Kier alpha value is -2.15. The van der Waals surface area contributed by atoms with E-state index in [9.17, 15) is 0 Å². The lowest BCUT2D eigenvalue weighted by Gasteiger charge is -1.92. The normalized spacial score (nSPS) is 9.87. The predicted octanol–water partition coefficient (Wildman–Crippen LogP) is -0.0224. The van der Waals surface area contributed by atoms with Crippen LogP contribution < -0.4 is 9.13 Å². The second-order valence-electron chi connectivity index (χ2n) is 3.45. The van der Waals surface area contributed by atoms with Gasteiger partial charge in [0, 0.05) is 12.1 Å². The van der Waals surface area contributed by atoms with E-state index in [1.165, 1.54) is 0 Å². The number of hydrogen-bond acceptors (Lipinski definition) is 1. The third kappa shape index (κ3) is 2.20. The zero-order chi connectivity index (χ0) is 10.7. The largest absolute Gasteiger partial charge is 0.289 e. The summed E-state index contributed by atoms with van der Waals surface area (Å²) in [5, 5.41) is 8.65. The van der Waals surface area contributed by atoms with Gasteiger partial charge in [-0.05, 0) is 0 Å². The van der Waals surface area contributed by atoms with Crippen LogP contribution in [0.25, 0.3) is 0 Å². The molecule has 0 unspecified atom stereocenters. The molecular formula is C11H12N4+2. The maximum Gasteiger partial charge on any atom is 0.289 e. The molecule has 0 amide bonds. The molecule has 4 heteroatoms. The lowest BCUT2D eigenvalue weighted by atomic mass is 10.3. The summed E-state index contributed by atoms with van der Waals surface area (Å²) in [5.74, 6) is 0. The van der Waals surface area contributed by atoms with Crippen molar-refractivity contribution in [1.82, 2.24) is 4.57 Å². The van der Waals surface area contributed by atoms with E-state index in [4.69, 9.17) is 5.26 Å². The van der Waals surface area contributed by atoms with Gasteiger partial charge in [0.1, 0.15) is 12.4 Å². The molecule has 0 saturated heterocycles. The number of hydrogen-bond donors (Lipinski definition) is 0. The summed E-state index contributed by atoms with van der Waals surface area (Å²) < 4.78 is 6.07. The topological polar surface area (TPSA) is 36.5 Å². The van der Waals surface area contributed by atoms with Crippen molar-refractivity contribution >= 4 is 0 Å². The molecule has 74 valence electrons. The van der Waals surface area contributed by atoms with Crippen LogP contribution in [-0.4, -0.2) is 4.57 Å². The Kier molecular flexibility index (Phi) is 2.46. The molecule has 2 aromatic rings. The number of nitrogens with zero attached hydrogens (tertiary/aromatic N) is 4. The molecule has 0 radical (unpaired) electrons. The highest BCUT2D eigenvalue weighted by atomic mass is 15.2. The van der Waals surface area contributed by atoms with Crippen molar-refractivity contribution in [3.8, 4) is 6.07 Å². The van der Waals surface area contributed by atoms with E-state index in [1.807, 2.05) is 59.4 Å². The van der Waals surface area contributed by atoms with E-state index in [1.54, 1.807) is 0 Å². The van der Waals surface area contributed by atoms with E-state index >= 15 is 0 Å². The fourth-order valence-corrected chi connectivity index (χ4v) is 1.40. The van der Waals surface area contributed by atoms with Crippen molar-refractivity contribution in [3.63, 3.8) is 0 Å². The van der Waals surface area contributed by atoms with E-state index in [0.717, 1.165) is 6.67 Å². The highest BCUT2D eigenvalue weighted by Gasteiger charge is 2.06. The Morgan fingerprint density at radius 2 is 2.07 bits per heavy atom. The Morgan fingerprint density at radius 3 is 2.60 bits per heavy atom. The molecule has 0 bridgehead atoms. The van der Waals surface area contributed by atoms with Gasteiger partial charge in [-0.15, -0.1) is 0 Å². The van der Waals surface area contributed by atoms with Crippen LogP contribution >= 0.6 is 0 Å². The first-order chi connectivity index (χ1) is 7.28. The summed E-state index contributed by atoms with van der Waals surface area (Å²) in [6.45, 7) is 0.756. The molecule has 0 fully saturated rings. The first-order valence-corrected chi connectivity index (χ1v) is 4.68.